The fourth-order valence-electron chi connectivity index (χ4n) is 3.34. The zero-order valence-corrected chi connectivity index (χ0v) is 13.9. The Kier molecular flexibility index (Phi) is 3.97. The predicted molar refractivity (Wildman–Crippen MR) is 92.7 cm³/mol. The molecule has 2 fully saturated rings. The number of ether oxygens (including phenoxy) is 1. The number of carbonyl (C=O) groups excluding carboxylic acids is 1. The fourth-order valence-corrected chi connectivity index (χ4v) is 3.54. The summed E-state index contributed by atoms with van der Waals surface area (Å²) in [7, 11) is 0. The molecule has 2 heterocycles. The van der Waals surface area contributed by atoms with Crippen LogP contribution in [0, 0.1) is 10.7 Å². The van der Waals surface area contributed by atoms with Gasteiger partial charge in [-0.05, 0) is 62.0 Å². The van der Waals surface area contributed by atoms with E-state index >= 15 is 0 Å². The van der Waals surface area contributed by atoms with E-state index in [4.69, 9.17) is 17.0 Å². The zero-order chi connectivity index (χ0) is 16.7. The number of aromatic amines is 2. The first-order valence-corrected chi connectivity index (χ1v) is 8.70. The SMILES string of the molecule is O=C(N[C@H]1CCO[C@H](C2CC2)C1)c1ccc2c(=O)[nH]c(=S)[nH]c2c1. The minimum Gasteiger partial charge on any atom is -0.378 e. The molecule has 1 saturated carbocycles. The first-order chi connectivity index (χ1) is 11.6. The zero-order valence-electron chi connectivity index (χ0n) is 13.1. The maximum Gasteiger partial charge on any atom is 0.259 e. The van der Waals surface area contributed by atoms with Gasteiger partial charge in [0, 0.05) is 18.2 Å². The molecular formula is C17H19N3O3S. The lowest BCUT2D eigenvalue weighted by atomic mass is 9.99. The average molecular weight is 345 g/mol. The number of H-pyrrole nitrogens is 2. The van der Waals surface area contributed by atoms with E-state index in [2.05, 4.69) is 15.3 Å². The van der Waals surface area contributed by atoms with Crippen LogP contribution < -0.4 is 10.9 Å². The van der Waals surface area contributed by atoms with Gasteiger partial charge in [-0.1, -0.05) is 0 Å². The van der Waals surface area contributed by atoms with Crippen LogP contribution in [-0.2, 0) is 4.74 Å². The van der Waals surface area contributed by atoms with Gasteiger partial charge < -0.3 is 15.0 Å². The van der Waals surface area contributed by atoms with Crippen molar-refractivity contribution in [2.24, 2.45) is 5.92 Å². The number of hydrogen-bond acceptors (Lipinski definition) is 4. The van der Waals surface area contributed by atoms with Crippen molar-refractivity contribution in [1.82, 2.24) is 15.3 Å². The standard InChI is InChI=1S/C17H19N3O3S/c21-15(18-11-5-6-23-14(8-11)9-1-2-9)10-3-4-12-13(7-10)19-17(24)20-16(12)22/h3-4,7,9,11,14H,1-2,5-6,8H2,(H,18,21)(H2,19,20,22,24)/t11-,14-/m0/s1. The molecule has 7 heteroatoms. The lowest BCUT2D eigenvalue weighted by Gasteiger charge is -2.30. The van der Waals surface area contributed by atoms with Crippen LogP contribution in [0.4, 0.5) is 0 Å². The second-order valence-electron chi connectivity index (χ2n) is 6.61. The van der Waals surface area contributed by atoms with E-state index in [9.17, 15) is 9.59 Å². The van der Waals surface area contributed by atoms with Gasteiger partial charge in [0.15, 0.2) is 4.77 Å². The molecule has 2 aromatic rings. The van der Waals surface area contributed by atoms with Crippen LogP contribution in [0.1, 0.15) is 36.0 Å². The van der Waals surface area contributed by atoms with E-state index in [0.717, 1.165) is 12.8 Å². The first kappa shape index (κ1) is 15.5. The predicted octanol–water partition coefficient (Wildman–Crippen LogP) is 2.27. The van der Waals surface area contributed by atoms with E-state index in [0.29, 0.717) is 29.0 Å². The van der Waals surface area contributed by atoms with Crippen molar-refractivity contribution < 1.29 is 9.53 Å². The third-order valence-corrected chi connectivity index (χ3v) is 5.00. The topological polar surface area (TPSA) is 87.0 Å². The summed E-state index contributed by atoms with van der Waals surface area (Å²) in [5.41, 5.74) is 0.838. The van der Waals surface area contributed by atoms with Gasteiger partial charge in [0.2, 0.25) is 0 Å². The van der Waals surface area contributed by atoms with Crippen molar-refractivity contribution in [2.75, 3.05) is 6.61 Å². The molecule has 1 aliphatic heterocycles. The molecule has 2 aliphatic rings. The van der Waals surface area contributed by atoms with Crippen LogP contribution in [0.25, 0.3) is 10.9 Å². The van der Waals surface area contributed by atoms with Crippen molar-refractivity contribution in [1.29, 1.82) is 0 Å². The number of fused-ring (bicyclic) bond motifs is 1. The summed E-state index contributed by atoms with van der Waals surface area (Å²) in [5.74, 6) is 0.551. The highest BCUT2D eigenvalue weighted by Crippen LogP contribution is 2.38. The Morgan fingerprint density at radius 1 is 1.25 bits per heavy atom. The van der Waals surface area contributed by atoms with Gasteiger partial charge in [-0.2, -0.15) is 0 Å². The number of hydrogen-bond donors (Lipinski definition) is 3. The van der Waals surface area contributed by atoms with Gasteiger partial charge >= 0.3 is 0 Å². The minimum absolute atomic E-state index is 0.127. The van der Waals surface area contributed by atoms with Gasteiger partial charge in [-0.25, -0.2) is 0 Å². The maximum atomic E-state index is 12.5. The molecule has 1 saturated heterocycles. The maximum absolute atomic E-state index is 12.5. The van der Waals surface area contributed by atoms with E-state index in [1.165, 1.54) is 12.8 Å². The molecule has 126 valence electrons. The summed E-state index contributed by atoms with van der Waals surface area (Å²) >= 11 is 4.98. The Morgan fingerprint density at radius 3 is 2.88 bits per heavy atom. The Labute approximate surface area is 143 Å². The highest BCUT2D eigenvalue weighted by Gasteiger charge is 2.36. The average Bonchev–Trinajstić information content (AvgIpc) is 3.39. The normalized spacial score (nSPS) is 24.0. The quantitative estimate of drug-likeness (QED) is 0.745. The lowest BCUT2D eigenvalue weighted by molar-refractivity contribution is -0.0102. The van der Waals surface area contributed by atoms with Crippen molar-refractivity contribution in [3.63, 3.8) is 0 Å². The molecule has 1 aliphatic carbocycles. The van der Waals surface area contributed by atoms with Gasteiger partial charge in [-0.15, -0.1) is 0 Å². The van der Waals surface area contributed by atoms with Crippen molar-refractivity contribution >= 4 is 29.0 Å². The highest BCUT2D eigenvalue weighted by molar-refractivity contribution is 7.71. The van der Waals surface area contributed by atoms with Crippen LogP contribution >= 0.6 is 12.2 Å². The molecule has 1 aromatic carbocycles. The summed E-state index contributed by atoms with van der Waals surface area (Å²) in [5, 5.41) is 3.58. The third-order valence-electron chi connectivity index (χ3n) is 4.80. The number of nitrogens with one attached hydrogen (secondary N) is 3. The molecule has 24 heavy (non-hydrogen) atoms. The third kappa shape index (κ3) is 3.14. The smallest absolute Gasteiger partial charge is 0.259 e. The largest absolute Gasteiger partial charge is 0.378 e. The Hall–Kier alpha value is -1.99. The molecule has 1 aromatic heterocycles. The van der Waals surface area contributed by atoms with Gasteiger partial charge in [-0.3, -0.25) is 14.6 Å². The lowest BCUT2D eigenvalue weighted by Crippen LogP contribution is -2.42. The molecule has 3 N–H and O–H groups in total. The molecule has 1 amide bonds. The van der Waals surface area contributed by atoms with E-state index < -0.39 is 0 Å². The monoisotopic (exact) mass is 345 g/mol. The molecule has 0 radical (unpaired) electrons. The molecular weight excluding hydrogens is 326 g/mol. The minimum atomic E-state index is -0.252. The van der Waals surface area contributed by atoms with Crippen LogP contribution in [0.15, 0.2) is 23.0 Å². The second kappa shape index (κ2) is 6.14. The van der Waals surface area contributed by atoms with Crippen molar-refractivity contribution in [3.05, 3.63) is 38.9 Å². The van der Waals surface area contributed by atoms with E-state index in [-0.39, 0.29) is 28.4 Å². The van der Waals surface area contributed by atoms with Crippen LogP contribution in [-0.4, -0.2) is 34.6 Å². The Bertz CT molecular complexity index is 900. The summed E-state index contributed by atoms with van der Waals surface area (Å²) in [4.78, 5) is 29.8. The summed E-state index contributed by atoms with van der Waals surface area (Å²) in [6, 6.07) is 5.13. The van der Waals surface area contributed by atoms with Gasteiger partial charge in [0.1, 0.15) is 0 Å². The fraction of sp³-hybridized carbons (Fsp3) is 0.471. The summed E-state index contributed by atoms with van der Waals surface area (Å²) in [6.45, 7) is 0.701. The molecule has 2 atom stereocenters. The molecule has 0 unspecified atom stereocenters. The van der Waals surface area contributed by atoms with Crippen LogP contribution in [0.3, 0.4) is 0 Å². The van der Waals surface area contributed by atoms with Crippen molar-refractivity contribution in [2.45, 2.75) is 37.8 Å². The Balaban J connectivity index is 1.52. The van der Waals surface area contributed by atoms with Gasteiger partial charge in [0.05, 0.1) is 17.0 Å². The van der Waals surface area contributed by atoms with E-state index in [1.807, 2.05) is 0 Å². The van der Waals surface area contributed by atoms with Crippen molar-refractivity contribution in [3.8, 4) is 0 Å². The molecule has 0 bridgehead atoms. The number of aromatic nitrogens is 2. The molecule has 0 spiro atoms. The molecule has 4 rings (SSSR count). The number of rotatable bonds is 3. The van der Waals surface area contributed by atoms with E-state index in [1.54, 1.807) is 18.2 Å². The molecule has 6 nitrogen and oxygen atoms in total. The Morgan fingerprint density at radius 2 is 2.08 bits per heavy atom. The highest BCUT2D eigenvalue weighted by atomic mass is 32.1. The summed E-state index contributed by atoms with van der Waals surface area (Å²) < 4.78 is 6.05. The van der Waals surface area contributed by atoms with Crippen LogP contribution in [0.5, 0.6) is 0 Å². The number of benzene rings is 1. The first-order valence-electron chi connectivity index (χ1n) is 8.29. The van der Waals surface area contributed by atoms with Crippen LogP contribution in [0.2, 0.25) is 0 Å². The van der Waals surface area contributed by atoms with Gasteiger partial charge in [0.25, 0.3) is 11.5 Å². The second-order valence-corrected chi connectivity index (χ2v) is 7.02. The number of amides is 1. The number of carbonyl (C=O) groups is 1. The summed E-state index contributed by atoms with van der Waals surface area (Å²) in [6.07, 6.45) is 4.49.